The van der Waals surface area contributed by atoms with Gasteiger partial charge in [-0.15, -0.1) is 0 Å². The van der Waals surface area contributed by atoms with E-state index in [1.165, 1.54) is 6.20 Å². The van der Waals surface area contributed by atoms with Gasteiger partial charge >= 0.3 is 0 Å². The average molecular weight is 260 g/mol. The van der Waals surface area contributed by atoms with Crippen LogP contribution in [0.15, 0.2) is 18.5 Å². The zero-order valence-electron chi connectivity index (χ0n) is 10.6. The molecule has 1 fully saturated rings. The van der Waals surface area contributed by atoms with E-state index < -0.39 is 0 Å². The molecule has 0 aromatic carbocycles. The Balaban J connectivity index is 2.01. The van der Waals surface area contributed by atoms with E-state index in [1.54, 1.807) is 12.3 Å². The van der Waals surface area contributed by atoms with Crippen LogP contribution >= 0.6 is 0 Å². The first-order valence-corrected chi connectivity index (χ1v) is 6.23. The van der Waals surface area contributed by atoms with Crippen molar-refractivity contribution in [2.45, 2.75) is 18.9 Å². The number of amides is 1. The van der Waals surface area contributed by atoms with E-state index in [0.29, 0.717) is 30.8 Å². The number of carbonyl (C=O) groups is 1. The number of nitrogens with one attached hydrogen (secondary N) is 1. The molecule has 0 bridgehead atoms. The molecular weight excluding hydrogens is 244 g/mol. The summed E-state index contributed by atoms with van der Waals surface area (Å²) in [7, 11) is 0. The van der Waals surface area contributed by atoms with Gasteiger partial charge in [0.2, 0.25) is 0 Å². The van der Waals surface area contributed by atoms with Gasteiger partial charge < -0.3 is 15.2 Å². The van der Waals surface area contributed by atoms with Crippen LogP contribution < -0.4 is 5.32 Å². The lowest BCUT2D eigenvalue weighted by Crippen LogP contribution is -2.35. The Kier molecular flexibility index (Phi) is 4.90. The Labute approximate surface area is 112 Å². The van der Waals surface area contributed by atoms with Crippen molar-refractivity contribution in [2.24, 2.45) is 0 Å². The summed E-state index contributed by atoms with van der Waals surface area (Å²) in [6, 6.07) is 1.78. The minimum atomic E-state index is -0.159. The summed E-state index contributed by atoms with van der Waals surface area (Å²) in [6.07, 6.45) is 4.37. The number of ether oxygens (including phenoxy) is 1. The van der Waals surface area contributed by atoms with Crippen LogP contribution in [0.4, 0.5) is 0 Å². The number of aliphatic hydroxyl groups excluding tert-OH is 1. The first kappa shape index (κ1) is 13.5. The van der Waals surface area contributed by atoms with Crippen molar-refractivity contribution >= 4 is 5.91 Å². The maximum absolute atomic E-state index is 12.0. The van der Waals surface area contributed by atoms with Gasteiger partial charge in [-0.2, -0.15) is 0 Å². The van der Waals surface area contributed by atoms with E-state index in [9.17, 15) is 4.79 Å². The van der Waals surface area contributed by atoms with Crippen molar-refractivity contribution in [1.82, 2.24) is 10.3 Å². The lowest BCUT2D eigenvalue weighted by molar-refractivity contribution is 0.0929. The minimum Gasteiger partial charge on any atom is -0.395 e. The summed E-state index contributed by atoms with van der Waals surface area (Å²) in [5.74, 6) is 5.50. The number of rotatable bonds is 3. The van der Waals surface area contributed by atoms with Crippen LogP contribution in [0.1, 0.15) is 28.8 Å². The third-order valence-corrected chi connectivity index (χ3v) is 2.73. The fourth-order valence-electron chi connectivity index (χ4n) is 1.77. The van der Waals surface area contributed by atoms with Crippen molar-refractivity contribution < 1.29 is 14.6 Å². The van der Waals surface area contributed by atoms with Crippen LogP contribution in [0, 0.1) is 11.8 Å². The third kappa shape index (κ3) is 4.05. The molecule has 100 valence electrons. The third-order valence-electron chi connectivity index (χ3n) is 2.73. The quantitative estimate of drug-likeness (QED) is 0.769. The summed E-state index contributed by atoms with van der Waals surface area (Å²) in [6.45, 7) is 1.29. The highest BCUT2D eigenvalue weighted by Gasteiger charge is 2.18. The number of nitrogens with zero attached hydrogens (tertiary/aromatic N) is 1. The second-order valence-corrected chi connectivity index (χ2v) is 4.27. The molecular formula is C14H16N2O3. The van der Waals surface area contributed by atoms with Crippen molar-refractivity contribution in [3.63, 3.8) is 0 Å². The number of pyridine rings is 1. The predicted octanol–water partition coefficient (Wildman–Crippen LogP) is 0.334. The van der Waals surface area contributed by atoms with Gasteiger partial charge in [-0.3, -0.25) is 9.78 Å². The molecule has 1 saturated heterocycles. The topological polar surface area (TPSA) is 71.5 Å². The van der Waals surface area contributed by atoms with Crippen molar-refractivity contribution in [3.05, 3.63) is 29.6 Å². The smallest absolute Gasteiger partial charge is 0.253 e. The number of carbonyl (C=O) groups excluding carboxylic acids is 1. The standard InChI is InChI=1S/C14H16N2O3/c17-5-2-1-3-11-7-12(9-15-8-11)14(18)16-13-4-6-19-10-13/h7-9,13,17H,2,4-6,10H2,(H,16,18). The predicted molar refractivity (Wildman–Crippen MR) is 69.5 cm³/mol. The van der Waals surface area contributed by atoms with Gasteiger partial charge in [0.05, 0.1) is 24.8 Å². The van der Waals surface area contributed by atoms with Gasteiger partial charge in [0, 0.05) is 31.0 Å². The highest BCUT2D eigenvalue weighted by Crippen LogP contribution is 2.06. The SMILES string of the molecule is O=C(NC1CCOC1)c1cncc(C#CCCO)c1. The van der Waals surface area contributed by atoms with Crippen LogP contribution in [0.25, 0.3) is 0 Å². The molecule has 1 amide bonds. The molecule has 19 heavy (non-hydrogen) atoms. The van der Waals surface area contributed by atoms with Crippen molar-refractivity contribution in [2.75, 3.05) is 19.8 Å². The van der Waals surface area contributed by atoms with E-state index in [1.807, 2.05) is 0 Å². The normalized spacial score (nSPS) is 17.6. The number of aromatic nitrogens is 1. The highest BCUT2D eigenvalue weighted by atomic mass is 16.5. The maximum atomic E-state index is 12.0. The van der Waals surface area contributed by atoms with E-state index in [0.717, 1.165) is 6.42 Å². The zero-order chi connectivity index (χ0) is 13.5. The summed E-state index contributed by atoms with van der Waals surface area (Å²) < 4.78 is 5.21. The van der Waals surface area contributed by atoms with Gasteiger partial charge in [0.1, 0.15) is 0 Å². The van der Waals surface area contributed by atoms with Gasteiger partial charge in [0.15, 0.2) is 0 Å². The second kappa shape index (κ2) is 6.88. The minimum absolute atomic E-state index is 0.0300. The highest BCUT2D eigenvalue weighted by molar-refractivity contribution is 5.94. The van der Waals surface area contributed by atoms with Gasteiger partial charge in [0.25, 0.3) is 5.91 Å². The zero-order valence-corrected chi connectivity index (χ0v) is 10.6. The summed E-state index contributed by atoms with van der Waals surface area (Å²) in [5.41, 5.74) is 1.16. The Morgan fingerprint density at radius 3 is 3.21 bits per heavy atom. The lowest BCUT2D eigenvalue weighted by Gasteiger charge is -2.10. The summed E-state index contributed by atoms with van der Waals surface area (Å²) in [5, 5.41) is 11.5. The maximum Gasteiger partial charge on any atom is 0.253 e. The molecule has 0 aliphatic carbocycles. The first-order chi connectivity index (χ1) is 9.29. The fraction of sp³-hybridized carbons (Fsp3) is 0.429. The molecule has 1 atom stereocenters. The number of aliphatic hydroxyl groups is 1. The summed E-state index contributed by atoms with van der Waals surface area (Å²) in [4.78, 5) is 16.0. The monoisotopic (exact) mass is 260 g/mol. The van der Waals surface area contributed by atoms with Gasteiger partial charge in [-0.1, -0.05) is 11.8 Å². The molecule has 5 nitrogen and oxygen atoms in total. The second-order valence-electron chi connectivity index (χ2n) is 4.27. The van der Waals surface area contributed by atoms with Crippen LogP contribution in [0.2, 0.25) is 0 Å². The van der Waals surface area contributed by atoms with Crippen molar-refractivity contribution in [3.8, 4) is 11.8 Å². The molecule has 2 N–H and O–H groups in total. The molecule has 5 heteroatoms. The van der Waals surface area contributed by atoms with E-state index in [2.05, 4.69) is 22.1 Å². The average Bonchev–Trinajstić information content (AvgIpc) is 2.92. The lowest BCUT2D eigenvalue weighted by atomic mass is 10.1. The summed E-state index contributed by atoms with van der Waals surface area (Å²) >= 11 is 0. The van der Waals surface area contributed by atoms with E-state index in [-0.39, 0.29) is 18.6 Å². The Bertz CT molecular complexity index is 499. The van der Waals surface area contributed by atoms with E-state index >= 15 is 0 Å². The van der Waals surface area contributed by atoms with Crippen LogP contribution in [-0.2, 0) is 4.74 Å². The molecule has 0 radical (unpaired) electrons. The molecule has 1 unspecified atom stereocenters. The Morgan fingerprint density at radius 2 is 2.47 bits per heavy atom. The molecule has 2 heterocycles. The van der Waals surface area contributed by atoms with Crippen molar-refractivity contribution in [1.29, 1.82) is 0 Å². The molecule has 1 aliphatic heterocycles. The molecule has 0 spiro atoms. The van der Waals surface area contributed by atoms with Crippen LogP contribution in [0.5, 0.6) is 0 Å². The molecule has 1 aromatic rings. The fourth-order valence-corrected chi connectivity index (χ4v) is 1.77. The molecule has 1 aliphatic rings. The number of hydrogen-bond donors (Lipinski definition) is 2. The van der Waals surface area contributed by atoms with Gasteiger partial charge in [-0.05, 0) is 12.5 Å². The van der Waals surface area contributed by atoms with E-state index in [4.69, 9.17) is 9.84 Å². The molecule has 2 rings (SSSR count). The van der Waals surface area contributed by atoms with Crippen LogP contribution in [-0.4, -0.2) is 41.9 Å². The first-order valence-electron chi connectivity index (χ1n) is 6.23. The van der Waals surface area contributed by atoms with Crippen LogP contribution in [0.3, 0.4) is 0 Å². The largest absolute Gasteiger partial charge is 0.395 e. The molecule has 1 aromatic heterocycles. The Morgan fingerprint density at radius 1 is 1.58 bits per heavy atom. The number of hydrogen-bond acceptors (Lipinski definition) is 4. The van der Waals surface area contributed by atoms with Gasteiger partial charge in [-0.25, -0.2) is 0 Å². The Hall–Kier alpha value is -1.90. The molecule has 0 saturated carbocycles.